The number of aliphatic carboxylic acids is 1. The Kier molecular flexibility index (Phi) is 4.84. The van der Waals surface area contributed by atoms with Crippen molar-refractivity contribution in [2.24, 2.45) is 5.92 Å². The number of ether oxygens (including phenoxy) is 1. The molecule has 1 aromatic rings. The second-order valence-corrected chi connectivity index (χ2v) is 4.91. The summed E-state index contributed by atoms with van der Waals surface area (Å²) in [5.74, 6) is -4.26. The van der Waals surface area contributed by atoms with Crippen LogP contribution in [0.15, 0.2) is 16.6 Å². The number of benzene rings is 1. The van der Waals surface area contributed by atoms with E-state index in [1.54, 1.807) is 26.0 Å². The minimum atomic E-state index is -4.83. The van der Waals surface area contributed by atoms with Crippen LogP contribution in [0.25, 0.3) is 0 Å². The van der Waals surface area contributed by atoms with Crippen molar-refractivity contribution in [1.82, 2.24) is 0 Å². The molecule has 0 fully saturated rings. The van der Waals surface area contributed by atoms with Gasteiger partial charge in [-0.15, -0.1) is 0 Å². The number of carboxylic acids is 1. The summed E-state index contributed by atoms with van der Waals surface area (Å²) in [6.07, 6.45) is -4.83. The minimum absolute atomic E-state index is 0.216. The molecule has 0 aliphatic heterocycles. The SMILES string of the molecule is Cc1cc(OCC(C(=O)O)C(F)(F)F)cc(C)c1Br. The first kappa shape index (κ1) is 15.8. The Labute approximate surface area is 116 Å². The molecule has 1 atom stereocenters. The average molecular weight is 341 g/mol. The monoisotopic (exact) mass is 340 g/mol. The highest BCUT2D eigenvalue weighted by atomic mass is 79.9. The van der Waals surface area contributed by atoms with E-state index in [4.69, 9.17) is 9.84 Å². The van der Waals surface area contributed by atoms with E-state index in [-0.39, 0.29) is 5.75 Å². The molecule has 106 valence electrons. The second kappa shape index (κ2) is 5.81. The van der Waals surface area contributed by atoms with Gasteiger partial charge in [-0.05, 0) is 37.1 Å². The molecule has 0 saturated carbocycles. The third-order valence-electron chi connectivity index (χ3n) is 2.52. The summed E-state index contributed by atoms with van der Waals surface area (Å²) in [6, 6.07) is 3.10. The van der Waals surface area contributed by atoms with Crippen LogP contribution in [0.3, 0.4) is 0 Å². The van der Waals surface area contributed by atoms with Gasteiger partial charge in [-0.2, -0.15) is 13.2 Å². The van der Waals surface area contributed by atoms with Gasteiger partial charge >= 0.3 is 12.1 Å². The zero-order valence-electron chi connectivity index (χ0n) is 10.2. The summed E-state index contributed by atoms with van der Waals surface area (Å²) in [4.78, 5) is 10.5. The standard InChI is InChI=1S/C12H12BrF3O3/c1-6-3-8(4-7(2)10(6)13)19-5-9(11(17)18)12(14,15)16/h3-4,9H,5H2,1-2H3,(H,17,18). The Morgan fingerprint density at radius 1 is 1.37 bits per heavy atom. The Balaban J connectivity index is 2.84. The molecule has 0 aliphatic rings. The fourth-order valence-corrected chi connectivity index (χ4v) is 1.70. The summed E-state index contributed by atoms with van der Waals surface area (Å²) in [6.45, 7) is 2.59. The lowest BCUT2D eigenvalue weighted by molar-refractivity contribution is -0.198. The van der Waals surface area contributed by atoms with Crippen molar-refractivity contribution < 1.29 is 27.8 Å². The van der Waals surface area contributed by atoms with Crippen LogP contribution in [0.1, 0.15) is 11.1 Å². The molecular weight excluding hydrogens is 329 g/mol. The summed E-state index contributed by atoms with van der Waals surface area (Å²) in [5, 5.41) is 8.53. The molecule has 0 heterocycles. The molecule has 0 radical (unpaired) electrons. The van der Waals surface area contributed by atoms with Gasteiger partial charge in [0.15, 0.2) is 5.92 Å². The number of hydrogen-bond acceptors (Lipinski definition) is 2. The quantitative estimate of drug-likeness (QED) is 0.908. The smallest absolute Gasteiger partial charge is 0.405 e. The molecule has 0 saturated heterocycles. The summed E-state index contributed by atoms with van der Waals surface area (Å²) in [5.41, 5.74) is 1.60. The number of rotatable bonds is 4. The largest absolute Gasteiger partial charge is 0.492 e. The molecular formula is C12H12BrF3O3. The van der Waals surface area contributed by atoms with E-state index < -0.39 is 24.7 Å². The first-order valence-electron chi connectivity index (χ1n) is 5.32. The lowest BCUT2D eigenvalue weighted by Gasteiger charge is -2.17. The van der Waals surface area contributed by atoms with Gasteiger partial charge in [-0.25, -0.2) is 0 Å². The number of hydrogen-bond donors (Lipinski definition) is 1. The molecule has 1 aromatic carbocycles. The van der Waals surface area contributed by atoms with Gasteiger partial charge in [0.1, 0.15) is 12.4 Å². The Morgan fingerprint density at radius 2 is 1.84 bits per heavy atom. The van der Waals surface area contributed by atoms with Crippen molar-refractivity contribution in [3.8, 4) is 5.75 Å². The Morgan fingerprint density at radius 3 is 2.21 bits per heavy atom. The van der Waals surface area contributed by atoms with E-state index in [2.05, 4.69) is 15.9 Å². The minimum Gasteiger partial charge on any atom is -0.492 e. The predicted molar refractivity (Wildman–Crippen MR) is 66.3 cm³/mol. The maximum atomic E-state index is 12.4. The van der Waals surface area contributed by atoms with Crippen LogP contribution < -0.4 is 4.74 Å². The molecule has 1 rings (SSSR count). The molecule has 1 unspecified atom stereocenters. The van der Waals surface area contributed by atoms with Crippen LogP contribution in [0, 0.1) is 19.8 Å². The molecule has 0 spiro atoms. The lowest BCUT2D eigenvalue weighted by Crippen LogP contribution is -2.35. The maximum absolute atomic E-state index is 12.4. The van der Waals surface area contributed by atoms with E-state index in [0.717, 1.165) is 15.6 Å². The molecule has 0 aliphatic carbocycles. The van der Waals surface area contributed by atoms with Gasteiger partial charge in [-0.3, -0.25) is 4.79 Å². The van der Waals surface area contributed by atoms with Crippen molar-refractivity contribution in [1.29, 1.82) is 0 Å². The third-order valence-corrected chi connectivity index (χ3v) is 3.77. The maximum Gasteiger partial charge on any atom is 0.405 e. The highest BCUT2D eigenvalue weighted by molar-refractivity contribution is 9.10. The van der Waals surface area contributed by atoms with Crippen LogP contribution >= 0.6 is 15.9 Å². The second-order valence-electron chi connectivity index (χ2n) is 4.11. The number of aryl methyl sites for hydroxylation is 2. The van der Waals surface area contributed by atoms with Crippen molar-refractivity contribution in [2.75, 3.05) is 6.61 Å². The van der Waals surface area contributed by atoms with Crippen LogP contribution in [-0.4, -0.2) is 23.9 Å². The van der Waals surface area contributed by atoms with Gasteiger partial charge in [0, 0.05) is 4.47 Å². The fourth-order valence-electron chi connectivity index (χ4n) is 1.47. The fraction of sp³-hybridized carbons (Fsp3) is 0.417. The molecule has 0 aromatic heterocycles. The van der Waals surface area contributed by atoms with Gasteiger partial charge in [-0.1, -0.05) is 15.9 Å². The van der Waals surface area contributed by atoms with Gasteiger partial charge in [0.2, 0.25) is 0 Å². The normalized spacial score (nSPS) is 13.2. The van der Waals surface area contributed by atoms with Crippen molar-refractivity contribution in [2.45, 2.75) is 20.0 Å². The zero-order chi connectivity index (χ0) is 14.8. The van der Waals surface area contributed by atoms with E-state index in [1.807, 2.05) is 0 Å². The van der Waals surface area contributed by atoms with Gasteiger partial charge in [0.25, 0.3) is 0 Å². The number of carboxylic acid groups (broad SMARTS) is 1. The molecule has 1 N–H and O–H groups in total. The van der Waals surface area contributed by atoms with Crippen LogP contribution in [-0.2, 0) is 4.79 Å². The summed E-state index contributed by atoms with van der Waals surface area (Å²) < 4.78 is 43.1. The number of carbonyl (C=O) groups is 1. The predicted octanol–water partition coefficient (Wildman–Crippen LogP) is 3.71. The first-order chi connectivity index (χ1) is 8.62. The molecule has 0 bridgehead atoms. The first-order valence-corrected chi connectivity index (χ1v) is 6.11. The van der Waals surface area contributed by atoms with Gasteiger partial charge in [0.05, 0.1) is 0 Å². The molecule has 0 amide bonds. The molecule has 3 nitrogen and oxygen atoms in total. The van der Waals surface area contributed by atoms with Crippen LogP contribution in [0.2, 0.25) is 0 Å². The van der Waals surface area contributed by atoms with Crippen LogP contribution in [0.5, 0.6) is 5.75 Å². The third kappa shape index (κ3) is 4.12. The summed E-state index contributed by atoms with van der Waals surface area (Å²) in [7, 11) is 0. The van der Waals surface area contributed by atoms with E-state index in [0.29, 0.717) is 0 Å². The lowest BCUT2D eigenvalue weighted by atomic mass is 10.1. The van der Waals surface area contributed by atoms with Crippen molar-refractivity contribution in [3.63, 3.8) is 0 Å². The topological polar surface area (TPSA) is 46.5 Å². The van der Waals surface area contributed by atoms with E-state index >= 15 is 0 Å². The van der Waals surface area contributed by atoms with Crippen LogP contribution in [0.4, 0.5) is 13.2 Å². The zero-order valence-corrected chi connectivity index (χ0v) is 11.8. The van der Waals surface area contributed by atoms with Crippen molar-refractivity contribution in [3.05, 3.63) is 27.7 Å². The highest BCUT2D eigenvalue weighted by Gasteiger charge is 2.45. The number of alkyl halides is 3. The average Bonchev–Trinajstić information content (AvgIpc) is 2.23. The molecule has 7 heteroatoms. The Bertz CT molecular complexity index is 463. The molecule has 19 heavy (non-hydrogen) atoms. The summed E-state index contributed by atoms with van der Waals surface area (Å²) >= 11 is 3.32. The van der Waals surface area contributed by atoms with Gasteiger partial charge < -0.3 is 9.84 Å². The Hall–Kier alpha value is -1.24. The van der Waals surface area contributed by atoms with Crippen molar-refractivity contribution >= 4 is 21.9 Å². The van der Waals surface area contributed by atoms with E-state index in [1.165, 1.54) is 0 Å². The number of halogens is 4. The highest BCUT2D eigenvalue weighted by Crippen LogP contribution is 2.29. The van der Waals surface area contributed by atoms with E-state index in [9.17, 15) is 18.0 Å².